The maximum atomic E-state index is 13.9. The summed E-state index contributed by atoms with van der Waals surface area (Å²) < 4.78 is 83.1. The summed E-state index contributed by atoms with van der Waals surface area (Å²) in [5.74, 6) is 0. The Morgan fingerprint density at radius 3 is 2.15 bits per heavy atom. The predicted molar refractivity (Wildman–Crippen MR) is 91.3 cm³/mol. The fraction of sp³-hybridized carbons (Fsp3) is 0.250. The van der Waals surface area contributed by atoms with Crippen molar-refractivity contribution in [3.05, 3.63) is 48.5 Å². The van der Waals surface area contributed by atoms with Gasteiger partial charge in [0.05, 0.1) is 0 Å². The molecule has 3 rings (SSSR count). The summed E-state index contributed by atoms with van der Waals surface area (Å²) in [5.41, 5.74) is 5.66. The van der Waals surface area contributed by atoms with Crippen molar-refractivity contribution in [3.63, 3.8) is 0 Å². The van der Waals surface area contributed by atoms with Crippen LogP contribution in [0.25, 0.3) is 0 Å². The van der Waals surface area contributed by atoms with E-state index in [0.717, 1.165) is 0 Å². The quantitative estimate of drug-likeness (QED) is 0.383. The minimum Gasteiger partial charge on any atom is -0.398 e. The van der Waals surface area contributed by atoms with Crippen LogP contribution in [0.1, 0.15) is 0 Å². The summed E-state index contributed by atoms with van der Waals surface area (Å²) in [6, 6.07) is 11.2. The highest BCUT2D eigenvalue weighted by molar-refractivity contribution is 8.05. The van der Waals surface area contributed by atoms with Gasteiger partial charge in [-0.25, -0.2) is 0 Å². The number of nitrogens with two attached hydrogens (primary N) is 1. The van der Waals surface area contributed by atoms with Crippen LogP contribution in [-0.2, 0) is 0 Å². The fourth-order valence-corrected chi connectivity index (χ4v) is 5.19. The highest BCUT2D eigenvalue weighted by Gasteiger charge is 2.70. The Hall–Kier alpha value is -1.68. The molecule has 2 nitrogen and oxygen atoms in total. The number of thioether (sulfide) groups is 2. The number of nitrogen functional groups attached to an aromatic ring is 1. The first-order valence-corrected chi connectivity index (χ1v) is 8.95. The van der Waals surface area contributed by atoms with Crippen molar-refractivity contribution in [2.45, 2.75) is 32.3 Å². The fourth-order valence-electron chi connectivity index (χ4n) is 2.55. The van der Waals surface area contributed by atoms with Crippen molar-refractivity contribution in [2.75, 3.05) is 11.1 Å². The number of halogens is 6. The van der Waals surface area contributed by atoms with Gasteiger partial charge in [-0.2, -0.15) is 26.3 Å². The molecule has 1 heterocycles. The van der Waals surface area contributed by atoms with Gasteiger partial charge in [0.1, 0.15) is 5.25 Å². The lowest BCUT2D eigenvalue weighted by Gasteiger charge is -2.39. The molecule has 2 atom stereocenters. The van der Waals surface area contributed by atoms with Crippen LogP contribution in [0.5, 0.6) is 0 Å². The Kier molecular flexibility index (Phi) is 4.76. The Morgan fingerprint density at radius 1 is 0.962 bits per heavy atom. The van der Waals surface area contributed by atoms with Gasteiger partial charge < -0.3 is 11.1 Å². The first kappa shape index (κ1) is 19.1. The number of fused-ring (bicyclic) bond motifs is 1. The van der Waals surface area contributed by atoms with E-state index in [1.165, 1.54) is 48.5 Å². The number of nitrogens with one attached hydrogen (secondary N) is 1. The second-order valence-electron chi connectivity index (χ2n) is 5.53. The van der Waals surface area contributed by atoms with E-state index in [4.69, 9.17) is 5.73 Å². The standard InChI is InChI=1S/C16H12F6N2S2/c17-15(18,19)13(25-11-7-3-1-5-9(11)23)14(16(20,21)22)24-10-6-2-4-8-12(10)26-14/h1-8,13,24H,23H2. The van der Waals surface area contributed by atoms with Crippen LogP contribution in [0.2, 0.25) is 0 Å². The van der Waals surface area contributed by atoms with Crippen LogP contribution in [0, 0.1) is 0 Å². The average molecular weight is 410 g/mol. The number of rotatable bonds is 3. The normalized spacial score (nSPS) is 21.2. The third-order valence-corrected chi connectivity index (χ3v) is 6.83. The monoisotopic (exact) mass is 410 g/mol. The minimum absolute atomic E-state index is 0.00964. The van der Waals surface area contributed by atoms with Crippen molar-refractivity contribution < 1.29 is 26.3 Å². The molecule has 0 fully saturated rings. The average Bonchev–Trinajstić information content (AvgIpc) is 2.93. The third-order valence-electron chi connectivity index (χ3n) is 3.73. The topological polar surface area (TPSA) is 38.0 Å². The van der Waals surface area contributed by atoms with Crippen molar-refractivity contribution in [3.8, 4) is 0 Å². The molecule has 2 unspecified atom stereocenters. The van der Waals surface area contributed by atoms with Crippen LogP contribution in [0.15, 0.2) is 58.3 Å². The largest absolute Gasteiger partial charge is 0.422 e. The molecule has 0 bridgehead atoms. The van der Waals surface area contributed by atoms with Crippen LogP contribution >= 0.6 is 23.5 Å². The molecule has 10 heteroatoms. The van der Waals surface area contributed by atoms with Crippen LogP contribution in [0.3, 0.4) is 0 Å². The number of para-hydroxylation sites is 2. The summed E-state index contributed by atoms with van der Waals surface area (Å²) in [5, 5.41) is -0.718. The second kappa shape index (κ2) is 6.49. The molecule has 0 saturated heterocycles. The summed E-state index contributed by atoms with van der Waals surface area (Å²) in [4.78, 5) is -3.21. The first-order chi connectivity index (χ1) is 12.0. The van der Waals surface area contributed by atoms with Crippen LogP contribution < -0.4 is 11.1 Å². The molecule has 1 aliphatic heterocycles. The van der Waals surface area contributed by atoms with Crippen molar-refractivity contribution in [1.29, 1.82) is 0 Å². The summed E-state index contributed by atoms with van der Waals surface area (Å²) in [6.07, 6.45) is -10.3. The highest BCUT2D eigenvalue weighted by atomic mass is 32.2. The molecular formula is C16H12F6N2S2. The summed E-state index contributed by atoms with van der Waals surface area (Å²) >= 11 is 0.195. The molecule has 3 N–H and O–H groups in total. The Bertz CT molecular complexity index is 781. The Morgan fingerprint density at radius 2 is 1.58 bits per heavy atom. The van der Waals surface area contributed by atoms with E-state index >= 15 is 0 Å². The molecule has 2 aromatic carbocycles. The van der Waals surface area contributed by atoms with E-state index in [-0.39, 0.29) is 44.7 Å². The lowest BCUT2D eigenvalue weighted by Crippen LogP contribution is -2.59. The Labute approximate surface area is 153 Å². The Balaban J connectivity index is 2.09. The van der Waals surface area contributed by atoms with E-state index in [2.05, 4.69) is 5.32 Å². The van der Waals surface area contributed by atoms with Gasteiger partial charge in [0.15, 0.2) is 0 Å². The molecule has 140 valence electrons. The van der Waals surface area contributed by atoms with Gasteiger partial charge >= 0.3 is 12.4 Å². The molecule has 0 radical (unpaired) electrons. The van der Waals surface area contributed by atoms with Crippen molar-refractivity contribution >= 4 is 34.9 Å². The van der Waals surface area contributed by atoms with Gasteiger partial charge in [0.2, 0.25) is 4.87 Å². The van der Waals surface area contributed by atoms with E-state index in [1.54, 1.807) is 0 Å². The van der Waals surface area contributed by atoms with Gasteiger partial charge in [0, 0.05) is 21.2 Å². The molecule has 0 aromatic heterocycles. The molecule has 0 aliphatic carbocycles. The number of hydrogen-bond donors (Lipinski definition) is 2. The molecule has 0 amide bonds. The van der Waals surface area contributed by atoms with Gasteiger partial charge in [-0.3, -0.25) is 0 Å². The SMILES string of the molecule is Nc1ccccc1SC(C(F)(F)F)C1(C(F)(F)F)Nc2ccccc2S1. The number of hydrogen-bond acceptors (Lipinski definition) is 4. The maximum Gasteiger partial charge on any atom is 0.422 e. The van der Waals surface area contributed by atoms with Gasteiger partial charge in [-0.05, 0) is 24.3 Å². The lowest BCUT2D eigenvalue weighted by molar-refractivity contribution is -0.193. The molecule has 2 aromatic rings. The molecule has 0 spiro atoms. The third kappa shape index (κ3) is 3.32. The molecule has 0 saturated carbocycles. The van der Waals surface area contributed by atoms with Gasteiger partial charge in [0.25, 0.3) is 0 Å². The van der Waals surface area contributed by atoms with E-state index < -0.39 is 22.5 Å². The predicted octanol–water partition coefficient (Wildman–Crippen LogP) is 5.77. The molecule has 26 heavy (non-hydrogen) atoms. The first-order valence-electron chi connectivity index (χ1n) is 7.25. The van der Waals surface area contributed by atoms with E-state index in [0.29, 0.717) is 0 Å². The van der Waals surface area contributed by atoms with Crippen molar-refractivity contribution in [1.82, 2.24) is 0 Å². The maximum absolute atomic E-state index is 13.9. The van der Waals surface area contributed by atoms with Crippen LogP contribution in [-0.4, -0.2) is 22.5 Å². The minimum atomic E-state index is -5.17. The van der Waals surface area contributed by atoms with Crippen LogP contribution in [0.4, 0.5) is 37.7 Å². The van der Waals surface area contributed by atoms with Gasteiger partial charge in [-0.15, -0.1) is 11.8 Å². The molecule has 1 aliphatic rings. The smallest absolute Gasteiger partial charge is 0.398 e. The zero-order chi connectivity index (χ0) is 19.2. The van der Waals surface area contributed by atoms with E-state index in [9.17, 15) is 26.3 Å². The summed E-state index contributed by atoms with van der Waals surface area (Å²) in [7, 11) is 0. The molecular weight excluding hydrogens is 398 g/mol. The number of alkyl halides is 6. The number of benzene rings is 2. The van der Waals surface area contributed by atoms with E-state index in [1.807, 2.05) is 0 Å². The van der Waals surface area contributed by atoms with Crippen molar-refractivity contribution in [2.24, 2.45) is 0 Å². The highest BCUT2D eigenvalue weighted by Crippen LogP contribution is 2.60. The zero-order valence-corrected chi connectivity index (χ0v) is 14.5. The van der Waals surface area contributed by atoms with Gasteiger partial charge in [-0.1, -0.05) is 36.0 Å². The lowest BCUT2D eigenvalue weighted by atomic mass is 10.1. The summed E-state index contributed by atoms with van der Waals surface area (Å²) in [6.45, 7) is 0. The second-order valence-corrected chi connectivity index (χ2v) is 7.97. The zero-order valence-electron chi connectivity index (χ0n) is 12.9. The number of anilines is 2.